The van der Waals surface area contributed by atoms with Crippen LogP contribution in [-0.2, 0) is 0 Å². The third-order valence-electron chi connectivity index (χ3n) is 3.01. The number of rotatable bonds is 5. The van der Waals surface area contributed by atoms with Crippen molar-refractivity contribution in [3.05, 3.63) is 58.1 Å². The Kier molecular flexibility index (Phi) is 5.12. The topological polar surface area (TPSA) is 47.3 Å². The van der Waals surface area contributed by atoms with Crippen LogP contribution in [0.3, 0.4) is 0 Å². The third kappa shape index (κ3) is 3.37. The van der Waals surface area contributed by atoms with E-state index in [1.54, 1.807) is 19.2 Å². The fraction of sp³-hybridized carbons (Fsp3) is 0.200. The van der Waals surface area contributed by atoms with Gasteiger partial charge in [0.2, 0.25) is 0 Å². The summed E-state index contributed by atoms with van der Waals surface area (Å²) >= 11 is 12.1. The summed E-state index contributed by atoms with van der Waals surface area (Å²) in [5.41, 5.74) is 7.63. The van der Waals surface area contributed by atoms with E-state index in [-0.39, 0.29) is 6.04 Å². The van der Waals surface area contributed by atoms with Crippen LogP contribution in [0.2, 0.25) is 10.0 Å². The summed E-state index contributed by atoms with van der Waals surface area (Å²) in [6, 6.07) is 12.9. The molecular weight excluding hydrogens is 295 g/mol. The van der Waals surface area contributed by atoms with Gasteiger partial charge in [-0.15, -0.1) is 0 Å². The summed E-state index contributed by atoms with van der Waals surface area (Å²) in [4.78, 5) is 0. The minimum Gasteiger partial charge on any atom is -0.495 e. The second-order valence-electron chi connectivity index (χ2n) is 4.30. The summed E-state index contributed by atoms with van der Waals surface area (Å²) < 4.78 is 5.32. The van der Waals surface area contributed by atoms with Gasteiger partial charge in [-0.3, -0.25) is 0 Å². The van der Waals surface area contributed by atoms with E-state index < -0.39 is 0 Å². The molecule has 106 valence electrons. The van der Waals surface area contributed by atoms with Crippen LogP contribution in [-0.4, -0.2) is 13.7 Å². The Hall–Kier alpha value is -1.42. The van der Waals surface area contributed by atoms with Gasteiger partial charge in [-0.25, -0.2) is 0 Å². The SMILES string of the molecule is COc1ccccc1NC(CN)c1ccc(Cl)cc1Cl. The zero-order chi connectivity index (χ0) is 14.5. The molecule has 5 heteroatoms. The van der Waals surface area contributed by atoms with Crippen LogP contribution in [0.5, 0.6) is 5.75 Å². The molecule has 0 saturated carbocycles. The van der Waals surface area contributed by atoms with Crippen LogP contribution in [0, 0.1) is 0 Å². The molecule has 20 heavy (non-hydrogen) atoms. The highest BCUT2D eigenvalue weighted by Gasteiger charge is 2.15. The van der Waals surface area contributed by atoms with E-state index in [4.69, 9.17) is 33.7 Å². The number of nitrogens with two attached hydrogens (primary N) is 1. The maximum absolute atomic E-state index is 6.23. The first-order valence-electron chi connectivity index (χ1n) is 6.20. The van der Waals surface area contributed by atoms with Crippen molar-refractivity contribution in [3.8, 4) is 5.75 Å². The largest absolute Gasteiger partial charge is 0.495 e. The zero-order valence-electron chi connectivity index (χ0n) is 11.1. The molecule has 2 aromatic carbocycles. The molecule has 1 atom stereocenters. The quantitative estimate of drug-likeness (QED) is 0.873. The molecule has 0 heterocycles. The first-order valence-corrected chi connectivity index (χ1v) is 6.96. The molecule has 0 fully saturated rings. The molecule has 0 bridgehead atoms. The maximum Gasteiger partial charge on any atom is 0.141 e. The lowest BCUT2D eigenvalue weighted by atomic mass is 10.1. The van der Waals surface area contributed by atoms with Crippen molar-refractivity contribution < 1.29 is 4.74 Å². The molecule has 0 aliphatic heterocycles. The van der Waals surface area contributed by atoms with E-state index in [0.29, 0.717) is 16.6 Å². The first kappa shape index (κ1) is 15.0. The van der Waals surface area contributed by atoms with Gasteiger partial charge in [-0.2, -0.15) is 0 Å². The molecule has 0 spiro atoms. The Morgan fingerprint density at radius 3 is 2.60 bits per heavy atom. The number of ether oxygens (including phenoxy) is 1. The molecule has 0 aromatic heterocycles. The number of anilines is 1. The van der Waals surface area contributed by atoms with Crippen LogP contribution in [0.4, 0.5) is 5.69 Å². The van der Waals surface area contributed by atoms with Crippen molar-refractivity contribution in [2.45, 2.75) is 6.04 Å². The van der Waals surface area contributed by atoms with Crippen LogP contribution in [0.1, 0.15) is 11.6 Å². The Morgan fingerprint density at radius 1 is 1.20 bits per heavy atom. The lowest BCUT2D eigenvalue weighted by Crippen LogP contribution is -2.21. The minimum atomic E-state index is -0.115. The fourth-order valence-corrected chi connectivity index (χ4v) is 2.54. The average molecular weight is 311 g/mol. The summed E-state index contributed by atoms with van der Waals surface area (Å²) in [6.45, 7) is 0.402. The molecule has 1 unspecified atom stereocenters. The van der Waals surface area contributed by atoms with Gasteiger partial charge in [-0.05, 0) is 29.8 Å². The number of para-hydroxylation sites is 2. The van der Waals surface area contributed by atoms with Crippen molar-refractivity contribution in [2.24, 2.45) is 5.73 Å². The number of methoxy groups -OCH3 is 1. The van der Waals surface area contributed by atoms with Gasteiger partial charge < -0.3 is 15.8 Å². The second-order valence-corrected chi connectivity index (χ2v) is 5.14. The monoisotopic (exact) mass is 310 g/mol. The highest BCUT2D eigenvalue weighted by Crippen LogP contribution is 2.31. The van der Waals surface area contributed by atoms with Crippen LogP contribution >= 0.6 is 23.2 Å². The van der Waals surface area contributed by atoms with E-state index in [2.05, 4.69) is 5.32 Å². The van der Waals surface area contributed by atoms with Crippen molar-refractivity contribution in [1.29, 1.82) is 0 Å². The Bertz CT molecular complexity index is 590. The number of halogens is 2. The van der Waals surface area contributed by atoms with Crippen LogP contribution < -0.4 is 15.8 Å². The van der Waals surface area contributed by atoms with Crippen LogP contribution in [0.25, 0.3) is 0 Å². The van der Waals surface area contributed by atoms with Crippen molar-refractivity contribution in [2.75, 3.05) is 19.0 Å². The van der Waals surface area contributed by atoms with Gasteiger partial charge in [0.25, 0.3) is 0 Å². The third-order valence-corrected chi connectivity index (χ3v) is 3.57. The van der Waals surface area contributed by atoms with Crippen molar-refractivity contribution in [1.82, 2.24) is 0 Å². The Morgan fingerprint density at radius 2 is 1.95 bits per heavy atom. The molecule has 0 radical (unpaired) electrons. The van der Waals surface area contributed by atoms with E-state index in [9.17, 15) is 0 Å². The number of benzene rings is 2. The van der Waals surface area contributed by atoms with E-state index in [1.165, 1.54) is 0 Å². The van der Waals surface area contributed by atoms with Gasteiger partial charge >= 0.3 is 0 Å². The number of nitrogens with one attached hydrogen (secondary N) is 1. The summed E-state index contributed by atoms with van der Waals surface area (Å²) in [6.07, 6.45) is 0. The summed E-state index contributed by atoms with van der Waals surface area (Å²) in [5.74, 6) is 0.760. The highest BCUT2D eigenvalue weighted by atomic mass is 35.5. The minimum absolute atomic E-state index is 0.115. The van der Waals surface area contributed by atoms with Gasteiger partial charge in [0.15, 0.2) is 0 Å². The molecule has 3 N–H and O–H groups in total. The maximum atomic E-state index is 6.23. The van der Waals surface area contributed by atoms with Crippen molar-refractivity contribution in [3.63, 3.8) is 0 Å². The highest BCUT2D eigenvalue weighted by molar-refractivity contribution is 6.35. The Balaban J connectivity index is 2.29. The zero-order valence-corrected chi connectivity index (χ0v) is 12.6. The summed E-state index contributed by atoms with van der Waals surface area (Å²) in [5, 5.41) is 4.54. The fourth-order valence-electron chi connectivity index (χ4n) is 2.00. The lowest BCUT2D eigenvalue weighted by Gasteiger charge is -2.21. The molecule has 0 aliphatic rings. The van der Waals surface area contributed by atoms with E-state index >= 15 is 0 Å². The summed E-state index contributed by atoms with van der Waals surface area (Å²) in [7, 11) is 1.63. The smallest absolute Gasteiger partial charge is 0.141 e. The predicted molar refractivity (Wildman–Crippen MR) is 84.9 cm³/mol. The molecule has 0 amide bonds. The standard InChI is InChI=1S/C15H16Cl2N2O/c1-20-15-5-3-2-4-13(15)19-14(9-18)11-7-6-10(16)8-12(11)17/h2-8,14,19H,9,18H2,1H3. The molecule has 2 rings (SSSR count). The van der Waals surface area contributed by atoms with E-state index in [1.807, 2.05) is 30.3 Å². The Labute approximate surface area is 128 Å². The van der Waals surface area contributed by atoms with Gasteiger partial charge in [0, 0.05) is 16.6 Å². The normalized spacial score (nSPS) is 12.0. The lowest BCUT2D eigenvalue weighted by molar-refractivity contribution is 0.416. The molecule has 3 nitrogen and oxygen atoms in total. The predicted octanol–water partition coefficient (Wildman–Crippen LogP) is 4.11. The van der Waals surface area contributed by atoms with Crippen LogP contribution in [0.15, 0.2) is 42.5 Å². The van der Waals surface area contributed by atoms with E-state index in [0.717, 1.165) is 17.0 Å². The molecular formula is C15H16Cl2N2O. The first-order chi connectivity index (χ1) is 9.65. The number of hydrogen-bond donors (Lipinski definition) is 2. The van der Waals surface area contributed by atoms with Crippen molar-refractivity contribution >= 4 is 28.9 Å². The average Bonchev–Trinajstić information content (AvgIpc) is 2.46. The van der Waals surface area contributed by atoms with Gasteiger partial charge in [-0.1, -0.05) is 41.4 Å². The molecule has 0 saturated heterocycles. The second kappa shape index (κ2) is 6.84. The molecule has 0 aliphatic carbocycles. The molecule has 2 aromatic rings. The van der Waals surface area contributed by atoms with Gasteiger partial charge in [0.1, 0.15) is 5.75 Å². The number of hydrogen-bond acceptors (Lipinski definition) is 3. The van der Waals surface area contributed by atoms with Gasteiger partial charge in [0.05, 0.1) is 18.8 Å².